The van der Waals surface area contributed by atoms with Gasteiger partial charge in [0.2, 0.25) is 0 Å². The summed E-state index contributed by atoms with van der Waals surface area (Å²) in [5, 5.41) is 11.7. The number of ether oxygens (including phenoxy) is 2. The van der Waals surface area contributed by atoms with Gasteiger partial charge in [0.1, 0.15) is 5.75 Å². The number of aliphatic carboxylic acids is 1. The third-order valence-electron chi connectivity index (χ3n) is 3.46. The first-order valence-electron chi connectivity index (χ1n) is 7.93. The summed E-state index contributed by atoms with van der Waals surface area (Å²) < 4.78 is 10.5. The Morgan fingerprint density at radius 1 is 1.08 bits per heavy atom. The molecule has 0 fully saturated rings. The van der Waals surface area contributed by atoms with E-state index in [1.165, 1.54) is 0 Å². The Bertz CT molecular complexity index is 729. The van der Waals surface area contributed by atoms with Crippen molar-refractivity contribution in [1.29, 1.82) is 0 Å². The third kappa shape index (κ3) is 5.93. The second-order valence-electron chi connectivity index (χ2n) is 5.40. The topological polar surface area (TPSA) is 84.9 Å². The second-order valence-corrected chi connectivity index (χ2v) is 5.40. The summed E-state index contributed by atoms with van der Waals surface area (Å²) in [6.07, 6.45) is 0.606. The number of hydrogen-bond donors (Lipinski definition) is 2. The van der Waals surface area contributed by atoms with Gasteiger partial charge in [-0.25, -0.2) is 0 Å². The number of carbonyl (C=O) groups excluding carboxylic acids is 1. The molecule has 2 rings (SSSR count). The zero-order chi connectivity index (χ0) is 18.1. The van der Waals surface area contributed by atoms with E-state index in [9.17, 15) is 9.59 Å². The Morgan fingerprint density at radius 3 is 2.64 bits per heavy atom. The molecular formula is C19H21NO5. The highest BCUT2D eigenvalue weighted by molar-refractivity contribution is 6.05. The normalized spacial score (nSPS) is 10.3. The maximum Gasteiger partial charge on any atom is 0.307 e. The molecule has 1 amide bonds. The lowest BCUT2D eigenvalue weighted by atomic mass is 10.1. The Balaban J connectivity index is 2.05. The van der Waals surface area contributed by atoms with E-state index in [-0.39, 0.29) is 12.3 Å². The van der Waals surface area contributed by atoms with Crippen LogP contribution in [0.1, 0.15) is 22.3 Å². The number of anilines is 1. The number of carboxylic acid groups (broad SMARTS) is 1. The van der Waals surface area contributed by atoms with Crippen LogP contribution in [0.3, 0.4) is 0 Å². The number of methoxy groups -OCH3 is 1. The first-order valence-corrected chi connectivity index (χ1v) is 7.93. The minimum absolute atomic E-state index is 0.154. The molecule has 0 atom stereocenters. The van der Waals surface area contributed by atoms with Crippen molar-refractivity contribution in [3.63, 3.8) is 0 Å². The minimum atomic E-state index is -0.951. The SMILES string of the molecule is COCCCOc1cccc(C(=O)Nc2ccccc2CC(=O)O)c1. The van der Waals surface area contributed by atoms with E-state index in [1.54, 1.807) is 55.6 Å². The van der Waals surface area contributed by atoms with Crippen molar-refractivity contribution in [1.82, 2.24) is 0 Å². The van der Waals surface area contributed by atoms with E-state index < -0.39 is 5.97 Å². The molecule has 0 bridgehead atoms. The molecule has 0 aromatic heterocycles. The van der Waals surface area contributed by atoms with Gasteiger partial charge in [-0.05, 0) is 29.8 Å². The molecular weight excluding hydrogens is 322 g/mol. The number of benzene rings is 2. The number of hydrogen-bond acceptors (Lipinski definition) is 4. The molecule has 2 N–H and O–H groups in total. The molecule has 6 nitrogen and oxygen atoms in total. The zero-order valence-corrected chi connectivity index (χ0v) is 14.0. The van der Waals surface area contributed by atoms with Crippen LogP contribution in [0, 0.1) is 0 Å². The molecule has 0 aliphatic heterocycles. The maximum absolute atomic E-state index is 12.4. The first-order chi connectivity index (χ1) is 12.1. The lowest BCUT2D eigenvalue weighted by Crippen LogP contribution is -2.14. The van der Waals surface area contributed by atoms with Crippen molar-refractivity contribution < 1.29 is 24.2 Å². The van der Waals surface area contributed by atoms with Crippen molar-refractivity contribution in [3.05, 3.63) is 59.7 Å². The van der Waals surface area contributed by atoms with Crippen molar-refractivity contribution in [2.75, 3.05) is 25.6 Å². The lowest BCUT2D eigenvalue weighted by Gasteiger charge is -2.11. The smallest absolute Gasteiger partial charge is 0.307 e. The summed E-state index contributed by atoms with van der Waals surface area (Å²) in [7, 11) is 1.63. The summed E-state index contributed by atoms with van der Waals surface area (Å²) in [5.41, 5.74) is 1.48. The molecule has 0 aliphatic carbocycles. The van der Waals surface area contributed by atoms with Crippen LogP contribution < -0.4 is 10.1 Å². The minimum Gasteiger partial charge on any atom is -0.493 e. The number of para-hydroxylation sites is 1. The maximum atomic E-state index is 12.4. The van der Waals surface area contributed by atoms with Gasteiger partial charge in [0, 0.05) is 31.4 Å². The largest absolute Gasteiger partial charge is 0.493 e. The van der Waals surface area contributed by atoms with Crippen LogP contribution in [-0.2, 0) is 16.0 Å². The molecule has 2 aromatic rings. The van der Waals surface area contributed by atoms with Gasteiger partial charge in [-0.15, -0.1) is 0 Å². The summed E-state index contributed by atoms with van der Waals surface area (Å²) in [6, 6.07) is 13.7. The monoisotopic (exact) mass is 343 g/mol. The van der Waals surface area contributed by atoms with Crippen LogP contribution in [0.25, 0.3) is 0 Å². The summed E-state index contributed by atoms with van der Waals surface area (Å²) in [4.78, 5) is 23.4. The van der Waals surface area contributed by atoms with Crippen LogP contribution in [-0.4, -0.2) is 37.3 Å². The fraction of sp³-hybridized carbons (Fsp3) is 0.263. The van der Waals surface area contributed by atoms with Gasteiger partial charge < -0.3 is 19.9 Å². The van der Waals surface area contributed by atoms with Crippen molar-refractivity contribution in [2.24, 2.45) is 0 Å². The van der Waals surface area contributed by atoms with Gasteiger partial charge in [-0.3, -0.25) is 9.59 Å². The molecule has 0 saturated heterocycles. The molecule has 6 heteroatoms. The van der Waals surface area contributed by atoms with Crippen LogP contribution in [0.2, 0.25) is 0 Å². The van der Waals surface area contributed by atoms with E-state index in [1.807, 2.05) is 0 Å². The Labute approximate surface area is 146 Å². The van der Waals surface area contributed by atoms with Crippen LogP contribution in [0.15, 0.2) is 48.5 Å². The average molecular weight is 343 g/mol. The molecule has 0 aliphatic rings. The van der Waals surface area contributed by atoms with Gasteiger partial charge in [0.05, 0.1) is 13.0 Å². The summed E-state index contributed by atoms with van der Waals surface area (Å²) in [5.74, 6) is -0.670. The van der Waals surface area contributed by atoms with Crippen LogP contribution >= 0.6 is 0 Å². The van der Waals surface area contributed by atoms with Crippen molar-refractivity contribution >= 4 is 17.6 Å². The van der Waals surface area contributed by atoms with Gasteiger partial charge in [-0.2, -0.15) is 0 Å². The highest BCUT2D eigenvalue weighted by Crippen LogP contribution is 2.19. The van der Waals surface area contributed by atoms with Crippen LogP contribution in [0.4, 0.5) is 5.69 Å². The lowest BCUT2D eigenvalue weighted by molar-refractivity contribution is -0.136. The Morgan fingerprint density at radius 2 is 1.88 bits per heavy atom. The fourth-order valence-electron chi connectivity index (χ4n) is 2.27. The predicted octanol–water partition coefficient (Wildman–Crippen LogP) is 2.98. The average Bonchev–Trinajstić information content (AvgIpc) is 2.60. The molecule has 25 heavy (non-hydrogen) atoms. The number of carbonyl (C=O) groups is 2. The van der Waals surface area contributed by atoms with Gasteiger partial charge in [0.15, 0.2) is 0 Å². The van der Waals surface area contributed by atoms with Crippen molar-refractivity contribution in [2.45, 2.75) is 12.8 Å². The van der Waals surface area contributed by atoms with E-state index in [2.05, 4.69) is 5.32 Å². The second kappa shape index (κ2) is 9.44. The highest BCUT2D eigenvalue weighted by atomic mass is 16.5. The molecule has 0 saturated carbocycles. The van der Waals surface area contributed by atoms with Crippen molar-refractivity contribution in [3.8, 4) is 5.75 Å². The molecule has 0 unspecified atom stereocenters. The number of nitrogens with one attached hydrogen (secondary N) is 1. The summed E-state index contributed by atoms with van der Waals surface area (Å²) in [6.45, 7) is 1.11. The third-order valence-corrected chi connectivity index (χ3v) is 3.46. The molecule has 2 aromatic carbocycles. The standard InChI is InChI=1S/C19H21NO5/c1-24-10-5-11-25-16-8-4-7-15(12-16)19(23)20-17-9-3-2-6-14(17)13-18(21)22/h2-4,6-9,12H,5,10-11,13H2,1H3,(H,20,23)(H,21,22). The zero-order valence-electron chi connectivity index (χ0n) is 14.0. The number of rotatable bonds is 9. The number of amides is 1. The van der Waals surface area contributed by atoms with Gasteiger partial charge in [0.25, 0.3) is 5.91 Å². The van der Waals surface area contributed by atoms with Gasteiger partial charge >= 0.3 is 5.97 Å². The van der Waals surface area contributed by atoms with Gasteiger partial charge in [-0.1, -0.05) is 24.3 Å². The van der Waals surface area contributed by atoms with E-state index >= 15 is 0 Å². The molecule has 0 heterocycles. The van der Waals surface area contributed by atoms with E-state index in [4.69, 9.17) is 14.6 Å². The molecule has 132 valence electrons. The van der Waals surface area contributed by atoms with E-state index in [0.29, 0.717) is 35.8 Å². The molecule has 0 radical (unpaired) electrons. The first kappa shape index (κ1) is 18.5. The van der Waals surface area contributed by atoms with E-state index in [0.717, 1.165) is 6.42 Å². The Kier molecular flexibility index (Phi) is 6.98. The Hall–Kier alpha value is -2.86. The number of carboxylic acids is 1. The van der Waals surface area contributed by atoms with Crippen LogP contribution in [0.5, 0.6) is 5.75 Å². The quantitative estimate of drug-likeness (QED) is 0.684. The fourth-order valence-corrected chi connectivity index (χ4v) is 2.27. The summed E-state index contributed by atoms with van der Waals surface area (Å²) >= 11 is 0. The molecule has 0 spiro atoms. The predicted molar refractivity (Wildman–Crippen MR) is 94.2 cm³/mol. The highest BCUT2D eigenvalue weighted by Gasteiger charge is 2.11.